The van der Waals surface area contributed by atoms with Crippen LogP contribution in [0.1, 0.15) is 11.1 Å². The predicted octanol–water partition coefficient (Wildman–Crippen LogP) is 9.28. The maximum atomic E-state index is 14.5. The highest BCUT2D eigenvalue weighted by atomic mass is 32.1. The molecular weight excluding hydrogens is 631 g/mol. The third-order valence-corrected chi connectivity index (χ3v) is 8.02. The van der Waals surface area contributed by atoms with Crippen molar-refractivity contribution in [3.63, 3.8) is 0 Å². The van der Waals surface area contributed by atoms with Gasteiger partial charge in [0, 0.05) is 34.0 Å². The second-order valence-electron chi connectivity index (χ2n) is 9.89. The van der Waals surface area contributed by atoms with E-state index >= 15 is 0 Å². The third-order valence-electron chi connectivity index (χ3n) is 6.67. The van der Waals surface area contributed by atoms with Crippen LogP contribution in [0, 0.1) is 25.5 Å². The van der Waals surface area contributed by atoms with E-state index < -0.39 is 0 Å². The molecule has 0 unspecified atom stereocenters. The molecule has 0 fully saturated rings. The largest absolute Gasteiger partial charge is 0.497 e. The van der Waals surface area contributed by atoms with E-state index in [4.69, 9.17) is 30.4 Å². The van der Waals surface area contributed by atoms with Crippen molar-refractivity contribution in [1.29, 1.82) is 0 Å². The lowest BCUT2D eigenvalue weighted by atomic mass is 10.1. The molecule has 0 radical (unpaired) electrons. The Labute approximate surface area is 272 Å². The first-order chi connectivity index (χ1) is 22.1. The average Bonchev–Trinajstić information content (AvgIpc) is 3.65. The van der Waals surface area contributed by atoms with Crippen LogP contribution in [0.4, 0.5) is 19.0 Å². The van der Waals surface area contributed by atoms with Crippen LogP contribution >= 0.6 is 22.7 Å². The fraction of sp³-hybridized carbons (Fsp3) is 0.118. The molecule has 0 aliphatic carbocycles. The summed E-state index contributed by atoms with van der Waals surface area (Å²) >= 11 is 2.57. The Kier molecular flexibility index (Phi) is 9.99. The molecule has 236 valence electrons. The average molecular weight is 661 g/mol. The van der Waals surface area contributed by atoms with Gasteiger partial charge in [0.15, 0.2) is 10.3 Å². The first-order valence-corrected chi connectivity index (χ1v) is 15.6. The maximum Gasteiger partial charge on any atom is 0.180 e. The topological polar surface area (TPSA) is 115 Å². The van der Waals surface area contributed by atoms with Crippen LogP contribution in [0.2, 0.25) is 0 Å². The minimum atomic E-state index is -0.390. The molecule has 6 rings (SSSR count). The van der Waals surface area contributed by atoms with Crippen molar-refractivity contribution in [3.8, 4) is 57.0 Å². The van der Waals surface area contributed by atoms with Gasteiger partial charge < -0.3 is 30.4 Å². The molecule has 8 nitrogen and oxygen atoms in total. The van der Waals surface area contributed by atoms with Crippen molar-refractivity contribution in [1.82, 2.24) is 9.97 Å². The van der Waals surface area contributed by atoms with Crippen molar-refractivity contribution in [3.05, 3.63) is 106 Å². The van der Waals surface area contributed by atoms with E-state index in [1.165, 1.54) is 34.8 Å². The Morgan fingerprint density at radius 2 is 0.891 bits per heavy atom. The monoisotopic (exact) mass is 660 g/mol. The number of thiazole rings is 2. The molecule has 0 atom stereocenters. The molecule has 6 aromatic rings. The zero-order valence-corrected chi connectivity index (χ0v) is 27.0. The summed E-state index contributed by atoms with van der Waals surface area (Å²) in [6.07, 6.45) is 0. The third kappa shape index (κ3) is 7.71. The van der Waals surface area contributed by atoms with E-state index in [0.29, 0.717) is 55.8 Å². The molecule has 0 saturated heterocycles. The van der Waals surface area contributed by atoms with Crippen LogP contribution in [0.25, 0.3) is 22.5 Å². The fourth-order valence-corrected chi connectivity index (χ4v) is 5.66. The van der Waals surface area contributed by atoms with Crippen LogP contribution in [0.15, 0.2) is 83.6 Å². The lowest BCUT2D eigenvalue weighted by Crippen LogP contribution is -1.93. The molecule has 0 aliphatic heterocycles. The number of benzene rings is 4. The zero-order chi connectivity index (χ0) is 32.8. The summed E-state index contributed by atoms with van der Waals surface area (Å²) in [6.45, 7) is 3.63. The Hall–Kier alpha value is -5.20. The van der Waals surface area contributed by atoms with Gasteiger partial charge in [-0.05, 0) is 85.6 Å². The molecule has 2 heterocycles. The highest BCUT2D eigenvalue weighted by Crippen LogP contribution is 2.35. The van der Waals surface area contributed by atoms with Crippen molar-refractivity contribution < 1.29 is 27.7 Å². The quantitative estimate of drug-likeness (QED) is 0.166. The normalized spacial score (nSPS) is 10.6. The smallest absolute Gasteiger partial charge is 0.180 e. The summed E-state index contributed by atoms with van der Waals surface area (Å²) in [7, 11) is 3.19. The van der Waals surface area contributed by atoms with Crippen LogP contribution in [-0.2, 0) is 0 Å². The van der Waals surface area contributed by atoms with Gasteiger partial charge in [-0.2, -0.15) is 0 Å². The number of halogens is 2. The van der Waals surface area contributed by atoms with E-state index in [1.54, 1.807) is 85.6 Å². The number of anilines is 2. The van der Waals surface area contributed by atoms with Crippen LogP contribution in [-0.4, -0.2) is 24.2 Å². The molecule has 0 bridgehead atoms. The lowest BCUT2D eigenvalue weighted by molar-refractivity contribution is 0.412. The number of nitrogen functional groups attached to an aromatic ring is 2. The van der Waals surface area contributed by atoms with E-state index in [-0.39, 0.29) is 11.6 Å². The van der Waals surface area contributed by atoms with Gasteiger partial charge in [-0.1, -0.05) is 0 Å². The van der Waals surface area contributed by atoms with E-state index in [1.807, 2.05) is 13.8 Å². The van der Waals surface area contributed by atoms with Gasteiger partial charge in [-0.3, -0.25) is 0 Å². The summed E-state index contributed by atoms with van der Waals surface area (Å²) in [5.74, 6) is 2.75. The van der Waals surface area contributed by atoms with Gasteiger partial charge in [0.25, 0.3) is 0 Å². The van der Waals surface area contributed by atoms with Crippen LogP contribution in [0.5, 0.6) is 34.5 Å². The first-order valence-electron chi connectivity index (χ1n) is 13.8. The molecule has 0 aliphatic rings. The molecule has 46 heavy (non-hydrogen) atoms. The molecule has 4 N–H and O–H groups in total. The highest BCUT2D eigenvalue weighted by Gasteiger charge is 2.16. The lowest BCUT2D eigenvalue weighted by Gasteiger charge is -2.10. The second-order valence-corrected chi connectivity index (χ2v) is 11.7. The van der Waals surface area contributed by atoms with E-state index in [2.05, 4.69) is 9.97 Å². The summed E-state index contributed by atoms with van der Waals surface area (Å²) in [6, 6.07) is 20.4. The highest BCUT2D eigenvalue weighted by molar-refractivity contribution is 7.14. The van der Waals surface area contributed by atoms with Gasteiger partial charge in [0.05, 0.1) is 25.6 Å². The first kappa shape index (κ1) is 32.2. The van der Waals surface area contributed by atoms with Crippen molar-refractivity contribution in [2.24, 2.45) is 0 Å². The fourth-order valence-electron chi connectivity index (χ4n) is 4.56. The molecule has 0 spiro atoms. The van der Waals surface area contributed by atoms with Crippen LogP contribution < -0.4 is 30.4 Å². The Balaban J connectivity index is 0.000000181. The summed E-state index contributed by atoms with van der Waals surface area (Å²) in [5.41, 5.74) is 14.7. The Morgan fingerprint density at radius 1 is 0.543 bits per heavy atom. The predicted molar refractivity (Wildman–Crippen MR) is 179 cm³/mol. The number of hydrogen-bond acceptors (Lipinski definition) is 10. The molecule has 12 heteroatoms. The van der Waals surface area contributed by atoms with Crippen molar-refractivity contribution >= 4 is 32.9 Å². The van der Waals surface area contributed by atoms with Gasteiger partial charge in [0.1, 0.15) is 46.1 Å². The second kappa shape index (κ2) is 14.3. The number of nitrogens with zero attached hydrogens (tertiary/aromatic N) is 2. The number of ether oxygens (including phenoxy) is 4. The minimum Gasteiger partial charge on any atom is -0.497 e. The number of aromatic nitrogens is 2. The molecule has 0 amide bonds. The molecule has 0 saturated carbocycles. The number of methoxy groups -OCH3 is 2. The standard InChI is InChI=1S/2C17H15FN2O2S/c2*1-10-7-13(22-12-5-3-11(21-2)4-6-12)8-14(18)16(10)15-9-23-17(19)20-15/h2*3-9H,1-2H3,(H2,19,20). The van der Waals surface area contributed by atoms with Crippen molar-refractivity contribution in [2.45, 2.75) is 13.8 Å². The summed E-state index contributed by atoms with van der Waals surface area (Å²) in [4.78, 5) is 8.27. The van der Waals surface area contributed by atoms with Gasteiger partial charge >= 0.3 is 0 Å². The number of hydrogen-bond donors (Lipinski definition) is 2. The summed E-state index contributed by atoms with van der Waals surface area (Å²) < 4.78 is 50.5. The van der Waals surface area contributed by atoms with Gasteiger partial charge in [0.2, 0.25) is 0 Å². The van der Waals surface area contributed by atoms with Gasteiger partial charge in [-0.15, -0.1) is 22.7 Å². The van der Waals surface area contributed by atoms with Crippen molar-refractivity contribution in [2.75, 3.05) is 25.7 Å². The zero-order valence-electron chi connectivity index (χ0n) is 25.3. The number of aryl methyl sites for hydroxylation is 2. The van der Waals surface area contributed by atoms with E-state index in [9.17, 15) is 8.78 Å². The number of nitrogens with two attached hydrogens (primary N) is 2. The Morgan fingerprint density at radius 3 is 1.17 bits per heavy atom. The molecular formula is C34H30F2N4O4S2. The SMILES string of the molecule is COc1ccc(Oc2cc(C)c(-c3csc(N)n3)c(F)c2)cc1.COc1ccc(Oc2cc(C)c(-c3csc(N)n3)c(F)c2)cc1. The maximum absolute atomic E-state index is 14.5. The summed E-state index contributed by atoms with van der Waals surface area (Å²) in [5, 5.41) is 4.31. The molecule has 4 aromatic carbocycles. The van der Waals surface area contributed by atoms with E-state index in [0.717, 1.165) is 22.6 Å². The Bertz CT molecular complexity index is 1760. The number of rotatable bonds is 8. The van der Waals surface area contributed by atoms with Crippen LogP contribution in [0.3, 0.4) is 0 Å². The minimum absolute atomic E-state index is 0.390. The molecule has 2 aromatic heterocycles. The van der Waals surface area contributed by atoms with Gasteiger partial charge in [-0.25, -0.2) is 18.7 Å².